The SMILES string of the molecule is CC1C=CC=C/C1=C\N=CC(C)c1cnn2c(N)cc(C3CCC(C(=O)O)NC3)nc12. The zero-order valence-corrected chi connectivity index (χ0v) is 17.8. The van der Waals surface area contributed by atoms with E-state index in [1.807, 2.05) is 30.6 Å². The molecule has 1 aliphatic heterocycles. The van der Waals surface area contributed by atoms with Crippen LogP contribution in [0.25, 0.3) is 5.65 Å². The molecule has 0 spiro atoms. The van der Waals surface area contributed by atoms with Crippen molar-refractivity contribution in [2.45, 2.75) is 44.6 Å². The molecule has 1 aliphatic carbocycles. The molecular weight excluding hydrogens is 392 g/mol. The van der Waals surface area contributed by atoms with E-state index in [2.05, 4.69) is 41.4 Å². The highest BCUT2D eigenvalue weighted by Crippen LogP contribution is 2.28. The van der Waals surface area contributed by atoms with Crippen LogP contribution in [0, 0.1) is 5.92 Å². The Morgan fingerprint density at radius 3 is 2.97 bits per heavy atom. The number of carboxylic acids is 1. The third-order valence-electron chi connectivity index (χ3n) is 6.03. The van der Waals surface area contributed by atoms with Gasteiger partial charge < -0.3 is 16.2 Å². The Morgan fingerprint density at radius 2 is 2.26 bits per heavy atom. The van der Waals surface area contributed by atoms with Crippen LogP contribution in [0.3, 0.4) is 0 Å². The molecule has 3 heterocycles. The molecule has 31 heavy (non-hydrogen) atoms. The average molecular weight is 421 g/mol. The van der Waals surface area contributed by atoms with Gasteiger partial charge in [0.05, 0.1) is 11.9 Å². The zero-order valence-electron chi connectivity index (χ0n) is 17.8. The number of rotatable bonds is 5. The van der Waals surface area contributed by atoms with Crippen LogP contribution in [-0.4, -0.2) is 44.5 Å². The number of fused-ring (bicyclic) bond motifs is 1. The Balaban J connectivity index is 1.55. The van der Waals surface area contributed by atoms with Gasteiger partial charge >= 0.3 is 5.97 Å². The molecule has 2 aromatic rings. The lowest BCUT2D eigenvalue weighted by atomic mass is 9.92. The summed E-state index contributed by atoms with van der Waals surface area (Å²) in [6.07, 6.45) is 15.2. The number of allylic oxidation sites excluding steroid dienone is 5. The maximum atomic E-state index is 11.2. The number of anilines is 1. The topological polar surface area (TPSA) is 118 Å². The number of carbonyl (C=O) groups is 1. The molecule has 0 saturated carbocycles. The molecule has 1 saturated heterocycles. The monoisotopic (exact) mass is 420 g/mol. The number of nitrogens with zero attached hydrogens (tertiary/aromatic N) is 4. The van der Waals surface area contributed by atoms with Gasteiger partial charge in [0.25, 0.3) is 0 Å². The van der Waals surface area contributed by atoms with Crippen LogP contribution in [-0.2, 0) is 4.79 Å². The number of nitrogens with one attached hydrogen (secondary N) is 1. The first-order chi connectivity index (χ1) is 14.9. The van der Waals surface area contributed by atoms with E-state index in [1.165, 1.54) is 5.57 Å². The average Bonchev–Trinajstić information content (AvgIpc) is 3.20. The minimum absolute atomic E-state index is 0.00999. The summed E-state index contributed by atoms with van der Waals surface area (Å²) in [5, 5.41) is 16.7. The molecule has 2 aliphatic rings. The van der Waals surface area contributed by atoms with Gasteiger partial charge in [-0.2, -0.15) is 9.61 Å². The molecule has 0 amide bonds. The van der Waals surface area contributed by atoms with Crippen molar-refractivity contribution in [3.63, 3.8) is 0 Å². The van der Waals surface area contributed by atoms with Gasteiger partial charge in [-0.1, -0.05) is 38.2 Å². The first-order valence-corrected chi connectivity index (χ1v) is 10.6. The fraction of sp³-hybridized carbons (Fsp3) is 0.391. The van der Waals surface area contributed by atoms with Crippen molar-refractivity contribution in [2.75, 3.05) is 12.3 Å². The van der Waals surface area contributed by atoms with Crippen molar-refractivity contribution in [2.24, 2.45) is 10.9 Å². The van der Waals surface area contributed by atoms with E-state index in [-0.39, 0.29) is 11.8 Å². The number of hydrogen-bond donors (Lipinski definition) is 3. The molecule has 4 atom stereocenters. The Kier molecular flexibility index (Phi) is 5.99. The third-order valence-corrected chi connectivity index (χ3v) is 6.03. The minimum Gasteiger partial charge on any atom is -0.480 e. The van der Waals surface area contributed by atoms with Crippen LogP contribution in [0.4, 0.5) is 5.82 Å². The minimum atomic E-state index is -0.809. The molecule has 4 unspecified atom stereocenters. The van der Waals surface area contributed by atoms with E-state index in [0.717, 1.165) is 23.3 Å². The van der Waals surface area contributed by atoms with Crippen LogP contribution in [0.15, 0.2) is 53.3 Å². The number of hydrogen-bond acceptors (Lipinski definition) is 6. The van der Waals surface area contributed by atoms with Crippen molar-refractivity contribution in [3.05, 3.63) is 59.6 Å². The number of aromatic nitrogens is 3. The smallest absolute Gasteiger partial charge is 0.320 e. The van der Waals surface area contributed by atoms with Crippen molar-refractivity contribution >= 4 is 23.6 Å². The summed E-state index contributed by atoms with van der Waals surface area (Å²) in [6, 6.07) is 1.34. The fourth-order valence-corrected chi connectivity index (χ4v) is 4.03. The fourth-order valence-electron chi connectivity index (χ4n) is 4.03. The molecule has 0 radical (unpaired) electrons. The lowest BCUT2D eigenvalue weighted by Crippen LogP contribution is -2.43. The Morgan fingerprint density at radius 1 is 1.42 bits per heavy atom. The molecule has 162 valence electrons. The van der Waals surface area contributed by atoms with Gasteiger partial charge in [-0.25, -0.2) is 4.98 Å². The quantitative estimate of drug-likeness (QED) is 0.640. The summed E-state index contributed by atoms with van der Waals surface area (Å²) < 4.78 is 1.65. The summed E-state index contributed by atoms with van der Waals surface area (Å²) in [4.78, 5) is 20.6. The van der Waals surface area contributed by atoms with E-state index in [9.17, 15) is 9.90 Å². The lowest BCUT2D eigenvalue weighted by Gasteiger charge is -2.27. The Bertz CT molecular complexity index is 1090. The van der Waals surface area contributed by atoms with E-state index < -0.39 is 12.0 Å². The predicted molar refractivity (Wildman–Crippen MR) is 121 cm³/mol. The molecule has 0 aromatic carbocycles. The number of piperidine rings is 1. The van der Waals surface area contributed by atoms with Gasteiger partial charge in [0.1, 0.15) is 11.9 Å². The number of aliphatic carboxylic acids is 1. The molecule has 0 bridgehead atoms. The van der Waals surface area contributed by atoms with Crippen LogP contribution < -0.4 is 11.1 Å². The first kappa shape index (κ1) is 21.0. The summed E-state index contributed by atoms with van der Waals surface area (Å²) in [5.74, 6) is 0.188. The normalized spacial score (nSPS) is 26.1. The van der Waals surface area contributed by atoms with Gasteiger partial charge in [-0.05, 0) is 18.4 Å². The molecule has 2 aromatic heterocycles. The molecule has 4 rings (SSSR count). The van der Waals surface area contributed by atoms with E-state index in [4.69, 9.17) is 10.7 Å². The first-order valence-electron chi connectivity index (χ1n) is 10.6. The highest BCUT2D eigenvalue weighted by molar-refractivity contribution is 5.74. The largest absolute Gasteiger partial charge is 0.480 e. The lowest BCUT2D eigenvalue weighted by molar-refractivity contribution is -0.140. The van der Waals surface area contributed by atoms with E-state index in [0.29, 0.717) is 24.7 Å². The van der Waals surface area contributed by atoms with Gasteiger partial charge in [0.2, 0.25) is 0 Å². The number of aliphatic imine (C=N–C) groups is 1. The zero-order chi connectivity index (χ0) is 22.0. The standard InChI is InChI=1S/C23H28N6O2/c1-14-5-3-4-6-16(14)11-25-10-15(2)18-13-27-29-21(24)9-20(28-22(18)29)17-7-8-19(23(30)31)26-12-17/h3-6,9-11,13-15,17,19,26H,7-8,12,24H2,1-2H3,(H,30,31)/b16-11+,25-10?. The maximum Gasteiger partial charge on any atom is 0.320 e. The highest BCUT2D eigenvalue weighted by atomic mass is 16.4. The molecule has 8 nitrogen and oxygen atoms in total. The number of nitrogens with two attached hydrogens (primary N) is 1. The number of nitrogen functional groups attached to an aromatic ring is 1. The van der Waals surface area contributed by atoms with Crippen molar-refractivity contribution in [1.82, 2.24) is 19.9 Å². The van der Waals surface area contributed by atoms with Crippen molar-refractivity contribution in [1.29, 1.82) is 0 Å². The summed E-state index contributed by atoms with van der Waals surface area (Å²) in [6.45, 7) is 4.76. The van der Waals surface area contributed by atoms with Crippen LogP contribution in [0.2, 0.25) is 0 Å². The second kappa shape index (κ2) is 8.85. The third kappa shape index (κ3) is 4.44. The second-order valence-electron chi connectivity index (χ2n) is 8.26. The second-order valence-corrected chi connectivity index (χ2v) is 8.26. The van der Waals surface area contributed by atoms with E-state index >= 15 is 0 Å². The van der Waals surface area contributed by atoms with Crippen molar-refractivity contribution in [3.8, 4) is 0 Å². The number of carboxylic acid groups (broad SMARTS) is 1. The molecular formula is C23H28N6O2. The molecule has 1 fully saturated rings. The summed E-state index contributed by atoms with van der Waals surface area (Å²) in [7, 11) is 0. The van der Waals surface area contributed by atoms with Crippen LogP contribution in [0.5, 0.6) is 0 Å². The Labute approximate surface area is 181 Å². The van der Waals surface area contributed by atoms with Gasteiger partial charge in [0.15, 0.2) is 5.65 Å². The van der Waals surface area contributed by atoms with Gasteiger partial charge in [-0.15, -0.1) is 0 Å². The summed E-state index contributed by atoms with van der Waals surface area (Å²) in [5.41, 5.74) is 9.96. The molecule has 8 heteroatoms. The summed E-state index contributed by atoms with van der Waals surface area (Å²) >= 11 is 0. The van der Waals surface area contributed by atoms with Crippen molar-refractivity contribution < 1.29 is 9.90 Å². The highest BCUT2D eigenvalue weighted by Gasteiger charge is 2.27. The van der Waals surface area contributed by atoms with Gasteiger partial charge in [-0.3, -0.25) is 9.79 Å². The molecule has 4 N–H and O–H groups in total. The van der Waals surface area contributed by atoms with Gasteiger partial charge in [0, 0.05) is 48.3 Å². The van der Waals surface area contributed by atoms with E-state index in [1.54, 1.807) is 10.7 Å². The Hall–Kier alpha value is -3.26. The van der Waals surface area contributed by atoms with Crippen LogP contribution in [0.1, 0.15) is 49.8 Å². The predicted octanol–water partition coefficient (Wildman–Crippen LogP) is 3.05. The van der Waals surface area contributed by atoms with Crippen LogP contribution >= 0.6 is 0 Å². The maximum absolute atomic E-state index is 11.2.